The van der Waals surface area contributed by atoms with Gasteiger partial charge < -0.3 is 4.90 Å². The maximum atomic E-state index is 2.81. The van der Waals surface area contributed by atoms with Crippen molar-refractivity contribution in [3.05, 3.63) is 0 Å². The molecule has 3 saturated heterocycles. The number of hydrogen-bond acceptors (Lipinski definition) is 3. The van der Waals surface area contributed by atoms with Crippen molar-refractivity contribution in [1.29, 1.82) is 0 Å². The van der Waals surface area contributed by atoms with Gasteiger partial charge in [-0.05, 0) is 52.4 Å². The molecule has 3 fully saturated rings. The summed E-state index contributed by atoms with van der Waals surface area (Å²) >= 11 is 0. The van der Waals surface area contributed by atoms with E-state index in [2.05, 4.69) is 21.7 Å². The Kier molecular flexibility index (Phi) is 3.69. The fourth-order valence-electron chi connectivity index (χ4n) is 3.87. The van der Waals surface area contributed by atoms with Crippen LogP contribution < -0.4 is 0 Å². The summed E-state index contributed by atoms with van der Waals surface area (Å²) in [6.45, 7) is 7.98. The lowest BCUT2D eigenvalue weighted by molar-refractivity contribution is 0.0122. The first-order chi connectivity index (χ1) is 8.33. The molecule has 3 rings (SSSR count). The predicted molar refractivity (Wildman–Crippen MR) is 71.3 cm³/mol. The van der Waals surface area contributed by atoms with E-state index in [0.717, 1.165) is 12.1 Å². The molecule has 0 bridgehead atoms. The lowest BCUT2D eigenvalue weighted by Crippen LogP contribution is -2.58. The summed E-state index contributed by atoms with van der Waals surface area (Å²) in [6, 6.07) is 1.77. The highest BCUT2D eigenvalue weighted by molar-refractivity contribution is 4.89. The van der Waals surface area contributed by atoms with E-state index in [9.17, 15) is 0 Å². The Bertz CT molecular complexity index is 248. The van der Waals surface area contributed by atoms with E-state index >= 15 is 0 Å². The van der Waals surface area contributed by atoms with E-state index in [1.165, 1.54) is 71.4 Å². The van der Waals surface area contributed by atoms with Gasteiger partial charge in [0.05, 0.1) is 0 Å². The molecule has 3 aliphatic rings. The molecule has 0 aromatic rings. The number of fused-ring (bicyclic) bond motifs is 1. The molecule has 0 aromatic carbocycles. The van der Waals surface area contributed by atoms with Crippen LogP contribution in [0.4, 0.5) is 0 Å². The smallest absolute Gasteiger partial charge is 0.0223 e. The topological polar surface area (TPSA) is 9.72 Å². The number of rotatable bonds is 1. The summed E-state index contributed by atoms with van der Waals surface area (Å²) < 4.78 is 0. The van der Waals surface area contributed by atoms with E-state index in [0.29, 0.717) is 0 Å². The van der Waals surface area contributed by atoms with Crippen molar-refractivity contribution >= 4 is 0 Å². The van der Waals surface area contributed by atoms with Gasteiger partial charge in [0, 0.05) is 31.7 Å². The Morgan fingerprint density at radius 3 is 2.29 bits per heavy atom. The van der Waals surface area contributed by atoms with E-state index in [1.807, 2.05) is 0 Å². The maximum Gasteiger partial charge on any atom is 0.0223 e. The highest BCUT2D eigenvalue weighted by Gasteiger charge is 2.32. The van der Waals surface area contributed by atoms with Crippen LogP contribution in [0.15, 0.2) is 0 Å². The average molecular weight is 237 g/mol. The fourth-order valence-corrected chi connectivity index (χ4v) is 3.87. The van der Waals surface area contributed by atoms with Crippen LogP contribution in [0.25, 0.3) is 0 Å². The van der Waals surface area contributed by atoms with Gasteiger partial charge in [0.15, 0.2) is 0 Å². The van der Waals surface area contributed by atoms with E-state index < -0.39 is 0 Å². The van der Waals surface area contributed by atoms with Gasteiger partial charge in [-0.2, -0.15) is 0 Å². The number of hydrogen-bond donors (Lipinski definition) is 0. The third-order valence-electron chi connectivity index (χ3n) is 5.07. The van der Waals surface area contributed by atoms with Crippen LogP contribution in [0.5, 0.6) is 0 Å². The Morgan fingerprint density at radius 2 is 1.47 bits per heavy atom. The number of nitrogens with zero attached hydrogens (tertiary/aromatic N) is 3. The Hall–Kier alpha value is -0.120. The van der Waals surface area contributed by atoms with Crippen molar-refractivity contribution in [2.45, 2.75) is 44.2 Å². The van der Waals surface area contributed by atoms with Gasteiger partial charge in [-0.25, -0.2) is 0 Å². The molecule has 3 nitrogen and oxygen atoms in total. The summed E-state index contributed by atoms with van der Waals surface area (Å²) in [5.74, 6) is 0. The Labute approximate surface area is 106 Å². The molecular weight excluding hydrogens is 210 g/mol. The first-order valence-electron chi connectivity index (χ1n) is 7.49. The van der Waals surface area contributed by atoms with E-state index in [1.54, 1.807) is 0 Å². The van der Waals surface area contributed by atoms with E-state index in [4.69, 9.17) is 0 Å². The summed E-state index contributed by atoms with van der Waals surface area (Å²) in [4.78, 5) is 8.03. The largest absolute Gasteiger partial charge is 0.306 e. The first kappa shape index (κ1) is 11.9. The molecule has 0 aliphatic carbocycles. The van der Waals surface area contributed by atoms with Gasteiger partial charge in [0.25, 0.3) is 0 Å². The van der Waals surface area contributed by atoms with Gasteiger partial charge in [0.1, 0.15) is 0 Å². The van der Waals surface area contributed by atoms with Crippen molar-refractivity contribution in [3.8, 4) is 0 Å². The second-order valence-corrected chi connectivity index (χ2v) is 6.21. The van der Waals surface area contributed by atoms with Crippen molar-refractivity contribution in [1.82, 2.24) is 14.7 Å². The zero-order valence-corrected chi connectivity index (χ0v) is 11.3. The quantitative estimate of drug-likeness (QED) is 0.679. The standard InChI is InChI=1S/C14H27N3/c1-15-8-5-13(6-9-15)17-11-10-16-7-3-2-4-14(16)12-17/h13-14H,2-12H2,1H3. The molecule has 0 amide bonds. The molecule has 1 unspecified atom stereocenters. The van der Waals surface area contributed by atoms with Gasteiger partial charge in [-0.1, -0.05) is 6.42 Å². The minimum Gasteiger partial charge on any atom is -0.306 e. The number of piperidine rings is 2. The maximum absolute atomic E-state index is 2.81. The summed E-state index contributed by atoms with van der Waals surface area (Å²) in [5.41, 5.74) is 0. The SMILES string of the molecule is CN1CCC(N2CCN3CCCCC3C2)CC1. The van der Waals surface area contributed by atoms with Crippen LogP contribution >= 0.6 is 0 Å². The summed E-state index contributed by atoms with van der Waals surface area (Å²) in [7, 11) is 2.26. The minimum atomic E-state index is 0.885. The molecule has 3 aliphatic heterocycles. The van der Waals surface area contributed by atoms with Crippen molar-refractivity contribution in [2.75, 3.05) is 46.3 Å². The van der Waals surface area contributed by atoms with Crippen LogP contribution in [-0.2, 0) is 0 Å². The third-order valence-corrected chi connectivity index (χ3v) is 5.07. The van der Waals surface area contributed by atoms with Gasteiger partial charge in [0.2, 0.25) is 0 Å². The normalized spacial score (nSPS) is 34.8. The molecular formula is C14H27N3. The van der Waals surface area contributed by atoms with Gasteiger partial charge >= 0.3 is 0 Å². The zero-order chi connectivity index (χ0) is 11.7. The summed E-state index contributed by atoms with van der Waals surface area (Å²) in [5, 5.41) is 0. The monoisotopic (exact) mass is 237 g/mol. The molecule has 0 saturated carbocycles. The molecule has 98 valence electrons. The first-order valence-corrected chi connectivity index (χ1v) is 7.49. The van der Waals surface area contributed by atoms with Crippen LogP contribution in [0.3, 0.4) is 0 Å². The highest BCUT2D eigenvalue weighted by Crippen LogP contribution is 2.24. The lowest BCUT2D eigenvalue weighted by atomic mass is 9.96. The van der Waals surface area contributed by atoms with Crippen LogP contribution in [0.2, 0.25) is 0 Å². The minimum absolute atomic E-state index is 0.885. The number of piperazine rings is 1. The van der Waals surface area contributed by atoms with Crippen LogP contribution in [0, 0.1) is 0 Å². The average Bonchev–Trinajstić information content (AvgIpc) is 2.39. The van der Waals surface area contributed by atoms with E-state index in [-0.39, 0.29) is 0 Å². The molecule has 1 atom stereocenters. The predicted octanol–water partition coefficient (Wildman–Crippen LogP) is 1.25. The molecule has 17 heavy (non-hydrogen) atoms. The second kappa shape index (κ2) is 5.25. The van der Waals surface area contributed by atoms with Crippen molar-refractivity contribution in [3.63, 3.8) is 0 Å². The summed E-state index contributed by atoms with van der Waals surface area (Å²) in [6.07, 6.45) is 7.13. The fraction of sp³-hybridized carbons (Fsp3) is 1.00. The van der Waals surface area contributed by atoms with Crippen LogP contribution in [0.1, 0.15) is 32.1 Å². The van der Waals surface area contributed by atoms with Crippen LogP contribution in [-0.4, -0.2) is 73.1 Å². The Morgan fingerprint density at radius 1 is 0.706 bits per heavy atom. The molecule has 3 heterocycles. The van der Waals surface area contributed by atoms with Gasteiger partial charge in [-0.3, -0.25) is 9.80 Å². The lowest BCUT2D eigenvalue weighted by Gasteiger charge is -2.48. The second-order valence-electron chi connectivity index (χ2n) is 6.21. The van der Waals surface area contributed by atoms with Crippen molar-refractivity contribution < 1.29 is 0 Å². The van der Waals surface area contributed by atoms with Crippen molar-refractivity contribution in [2.24, 2.45) is 0 Å². The molecule has 0 spiro atoms. The molecule has 0 N–H and O–H groups in total. The molecule has 0 aromatic heterocycles. The van der Waals surface area contributed by atoms with Gasteiger partial charge in [-0.15, -0.1) is 0 Å². The highest BCUT2D eigenvalue weighted by atomic mass is 15.3. The zero-order valence-electron chi connectivity index (χ0n) is 11.3. The number of likely N-dealkylation sites (tertiary alicyclic amines) is 1. The molecule has 3 heteroatoms. The third kappa shape index (κ3) is 2.67. The molecule has 0 radical (unpaired) electrons. The Balaban J connectivity index is 1.54.